The highest BCUT2D eigenvalue weighted by atomic mass is 16.2. The molecule has 1 heterocycles. The molecule has 3 rings (SSSR count). The molecule has 1 aliphatic rings. The predicted molar refractivity (Wildman–Crippen MR) is 109 cm³/mol. The highest BCUT2D eigenvalue weighted by molar-refractivity contribution is 5.90. The van der Waals surface area contributed by atoms with Crippen molar-refractivity contribution in [3.05, 3.63) is 59.7 Å². The second kappa shape index (κ2) is 8.25. The van der Waals surface area contributed by atoms with Crippen molar-refractivity contribution in [2.45, 2.75) is 20.3 Å². The van der Waals surface area contributed by atoms with Crippen molar-refractivity contribution in [3.8, 4) is 0 Å². The van der Waals surface area contributed by atoms with Crippen LogP contribution in [0.3, 0.4) is 0 Å². The maximum atomic E-state index is 12.6. The molecule has 5 nitrogen and oxygen atoms in total. The van der Waals surface area contributed by atoms with Crippen LogP contribution in [0.1, 0.15) is 18.1 Å². The third kappa shape index (κ3) is 4.67. The summed E-state index contributed by atoms with van der Waals surface area (Å²) in [4.78, 5) is 29.9. The number of benzene rings is 2. The van der Waals surface area contributed by atoms with Crippen LogP contribution in [0.15, 0.2) is 48.5 Å². The molecule has 0 unspecified atom stereocenters. The van der Waals surface area contributed by atoms with Crippen LogP contribution in [-0.4, -0.2) is 49.9 Å². The topological polar surface area (TPSA) is 43.9 Å². The number of piperazine rings is 1. The van der Waals surface area contributed by atoms with Crippen LogP contribution in [0.2, 0.25) is 0 Å². The number of aryl methyl sites for hydroxylation is 1. The summed E-state index contributed by atoms with van der Waals surface area (Å²) in [7, 11) is 1.75. The Hall–Kier alpha value is -2.82. The Morgan fingerprint density at radius 2 is 1.67 bits per heavy atom. The van der Waals surface area contributed by atoms with Crippen LogP contribution < -0.4 is 9.80 Å². The van der Waals surface area contributed by atoms with E-state index in [-0.39, 0.29) is 11.8 Å². The number of nitrogens with zero attached hydrogens (tertiary/aromatic N) is 3. The number of rotatable bonds is 4. The number of carbonyl (C=O) groups excluding carboxylic acids is 2. The van der Waals surface area contributed by atoms with E-state index in [0.717, 1.165) is 37.4 Å². The Balaban J connectivity index is 1.54. The zero-order chi connectivity index (χ0) is 19.4. The van der Waals surface area contributed by atoms with Crippen LogP contribution >= 0.6 is 0 Å². The van der Waals surface area contributed by atoms with Crippen molar-refractivity contribution in [2.75, 3.05) is 43.0 Å². The maximum Gasteiger partial charge on any atom is 0.227 e. The molecule has 1 fully saturated rings. The summed E-state index contributed by atoms with van der Waals surface area (Å²) >= 11 is 0. The first kappa shape index (κ1) is 19.0. The van der Waals surface area contributed by atoms with Gasteiger partial charge in [-0.2, -0.15) is 0 Å². The van der Waals surface area contributed by atoms with Crippen molar-refractivity contribution < 1.29 is 9.59 Å². The Morgan fingerprint density at radius 1 is 1.00 bits per heavy atom. The van der Waals surface area contributed by atoms with E-state index in [0.29, 0.717) is 6.42 Å². The predicted octanol–water partition coefficient (Wildman–Crippen LogP) is 2.87. The summed E-state index contributed by atoms with van der Waals surface area (Å²) in [6.07, 6.45) is 0.397. The third-order valence-electron chi connectivity index (χ3n) is 5.15. The fourth-order valence-electron chi connectivity index (χ4n) is 3.34. The monoisotopic (exact) mass is 365 g/mol. The van der Waals surface area contributed by atoms with Crippen molar-refractivity contribution in [1.82, 2.24) is 4.90 Å². The van der Waals surface area contributed by atoms with Crippen molar-refractivity contribution in [3.63, 3.8) is 0 Å². The highest BCUT2D eigenvalue weighted by Crippen LogP contribution is 2.19. The van der Waals surface area contributed by atoms with Crippen LogP contribution in [-0.2, 0) is 16.0 Å². The Kier molecular flexibility index (Phi) is 5.79. The van der Waals surface area contributed by atoms with E-state index >= 15 is 0 Å². The van der Waals surface area contributed by atoms with Gasteiger partial charge in [-0.25, -0.2) is 0 Å². The summed E-state index contributed by atoms with van der Waals surface area (Å²) in [5.74, 6) is 0.150. The number of hydrogen-bond donors (Lipinski definition) is 0. The molecule has 2 aromatic rings. The first-order valence-corrected chi connectivity index (χ1v) is 9.36. The van der Waals surface area contributed by atoms with E-state index in [1.54, 1.807) is 11.9 Å². The van der Waals surface area contributed by atoms with Gasteiger partial charge in [-0.3, -0.25) is 9.59 Å². The molecule has 0 aromatic heterocycles. The molecule has 2 aromatic carbocycles. The first-order chi connectivity index (χ1) is 12.9. The van der Waals surface area contributed by atoms with Crippen molar-refractivity contribution in [1.29, 1.82) is 0 Å². The summed E-state index contributed by atoms with van der Waals surface area (Å²) in [5, 5.41) is 0. The molecule has 142 valence electrons. The quantitative estimate of drug-likeness (QED) is 0.837. The van der Waals surface area contributed by atoms with Gasteiger partial charge in [0, 0.05) is 51.5 Å². The Labute approximate surface area is 161 Å². The van der Waals surface area contributed by atoms with Crippen molar-refractivity contribution >= 4 is 23.2 Å². The fraction of sp³-hybridized carbons (Fsp3) is 0.364. The molecule has 0 saturated carbocycles. The third-order valence-corrected chi connectivity index (χ3v) is 5.15. The molecule has 0 N–H and O–H groups in total. The summed E-state index contributed by atoms with van der Waals surface area (Å²) < 4.78 is 0. The van der Waals surface area contributed by atoms with Gasteiger partial charge in [-0.05, 0) is 42.3 Å². The molecule has 0 bridgehead atoms. The van der Waals surface area contributed by atoms with Gasteiger partial charge < -0.3 is 14.7 Å². The van der Waals surface area contributed by atoms with E-state index in [4.69, 9.17) is 0 Å². The zero-order valence-electron chi connectivity index (χ0n) is 16.3. The van der Waals surface area contributed by atoms with Gasteiger partial charge in [0.2, 0.25) is 11.8 Å². The normalized spacial score (nSPS) is 14.2. The lowest BCUT2D eigenvalue weighted by Gasteiger charge is -2.36. The summed E-state index contributed by atoms with van der Waals surface area (Å²) in [5.41, 5.74) is 4.30. The highest BCUT2D eigenvalue weighted by Gasteiger charge is 2.21. The lowest BCUT2D eigenvalue weighted by atomic mass is 10.1. The lowest BCUT2D eigenvalue weighted by Crippen LogP contribution is -2.49. The second-order valence-corrected chi connectivity index (χ2v) is 7.13. The average Bonchev–Trinajstić information content (AvgIpc) is 2.68. The smallest absolute Gasteiger partial charge is 0.227 e. The zero-order valence-corrected chi connectivity index (χ0v) is 16.3. The van der Waals surface area contributed by atoms with Crippen LogP contribution in [0.5, 0.6) is 0 Å². The van der Waals surface area contributed by atoms with E-state index < -0.39 is 0 Å². The van der Waals surface area contributed by atoms with Crippen LogP contribution in [0.4, 0.5) is 11.4 Å². The van der Waals surface area contributed by atoms with Gasteiger partial charge in [0.25, 0.3) is 0 Å². The van der Waals surface area contributed by atoms with Crippen LogP contribution in [0, 0.1) is 6.92 Å². The van der Waals surface area contributed by atoms with Gasteiger partial charge in [0.05, 0.1) is 6.42 Å². The number of anilines is 2. The summed E-state index contributed by atoms with van der Waals surface area (Å²) in [6.45, 7) is 6.85. The lowest BCUT2D eigenvalue weighted by molar-refractivity contribution is -0.130. The van der Waals surface area contributed by atoms with E-state index in [1.807, 2.05) is 29.2 Å². The molecular formula is C22H27N3O2. The number of amides is 2. The SMILES string of the molecule is CC(=O)N(C)c1ccc(CC(=O)N2CCN(c3cccc(C)c3)CC2)cc1. The average molecular weight is 365 g/mol. The van der Waals surface area contributed by atoms with Crippen molar-refractivity contribution in [2.24, 2.45) is 0 Å². The fourth-order valence-corrected chi connectivity index (χ4v) is 3.34. The molecule has 27 heavy (non-hydrogen) atoms. The van der Waals surface area contributed by atoms with Gasteiger partial charge in [0.15, 0.2) is 0 Å². The van der Waals surface area contributed by atoms with Gasteiger partial charge >= 0.3 is 0 Å². The standard InChI is InChI=1S/C22H27N3O2/c1-17-5-4-6-21(15-17)24-11-13-25(14-12-24)22(27)16-19-7-9-20(10-8-19)23(3)18(2)26/h4-10,15H,11-14,16H2,1-3H3. The van der Waals surface area contributed by atoms with Gasteiger partial charge in [-0.1, -0.05) is 24.3 Å². The van der Waals surface area contributed by atoms with E-state index in [9.17, 15) is 9.59 Å². The van der Waals surface area contributed by atoms with E-state index in [1.165, 1.54) is 18.2 Å². The molecule has 1 saturated heterocycles. The molecule has 2 amide bonds. The second-order valence-electron chi connectivity index (χ2n) is 7.13. The Morgan fingerprint density at radius 3 is 2.26 bits per heavy atom. The van der Waals surface area contributed by atoms with Gasteiger partial charge in [0.1, 0.15) is 0 Å². The van der Waals surface area contributed by atoms with E-state index in [2.05, 4.69) is 36.1 Å². The maximum absolute atomic E-state index is 12.6. The minimum Gasteiger partial charge on any atom is -0.368 e. The summed E-state index contributed by atoms with van der Waals surface area (Å²) in [6, 6.07) is 16.1. The molecular weight excluding hydrogens is 338 g/mol. The molecule has 0 radical (unpaired) electrons. The molecule has 5 heteroatoms. The van der Waals surface area contributed by atoms with Gasteiger partial charge in [-0.15, -0.1) is 0 Å². The Bertz CT molecular complexity index is 809. The van der Waals surface area contributed by atoms with Crippen LogP contribution in [0.25, 0.3) is 0 Å². The molecule has 1 aliphatic heterocycles. The minimum absolute atomic E-state index is 0.00897. The largest absolute Gasteiger partial charge is 0.368 e. The number of carbonyl (C=O) groups is 2. The molecule has 0 spiro atoms. The molecule has 0 aliphatic carbocycles. The minimum atomic E-state index is -0.00897. The first-order valence-electron chi connectivity index (χ1n) is 9.36. The molecule has 0 atom stereocenters. The number of hydrogen-bond acceptors (Lipinski definition) is 3.